The predicted octanol–water partition coefficient (Wildman–Crippen LogP) is 3.32. The van der Waals surface area contributed by atoms with E-state index in [1.807, 2.05) is 36.4 Å². The fourth-order valence-corrected chi connectivity index (χ4v) is 4.39. The number of hydrogen-bond donors (Lipinski definition) is 1. The van der Waals surface area contributed by atoms with Crippen molar-refractivity contribution in [3.63, 3.8) is 0 Å². The van der Waals surface area contributed by atoms with E-state index in [2.05, 4.69) is 20.4 Å². The Bertz CT molecular complexity index is 1150. The van der Waals surface area contributed by atoms with Crippen molar-refractivity contribution in [3.05, 3.63) is 83.8 Å². The molecule has 0 radical (unpaired) electrons. The van der Waals surface area contributed by atoms with Crippen LogP contribution in [0.3, 0.4) is 0 Å². The molecule has 2 aliphatic heterocycles. The largest absolute Gasteiger partial charge is 0.354 e. The van der Waals surface area contributed by atoms with Crippen molar-refractivity contribution >= 4 is 23.3 Å². The molecule has 2 aromatic carbocycles. The first kappa shape index (κ1) is 21.1. The van der Waals surface area contributed by atoms with Crippen LogP contribution in [-0.2, 0) is 4.79 Å². The van der Waals surface area contributed by atoms with E-state index in [-0.39, 0.29) is 29.2 Å². The summed E-state index contributed by atoms with van der Waals surface area (Å²) in [5.41, 5.74) is 1.96. The number of likely N-dealkylation sites (tertiary alicyclic amines) is 1. The van der Waals surface area contributed by atoms with Gasteiger partial charge in [-0.15, -0.1) is 5.10 Å². The Morgan fingerprint density at radius 2 is 1.76 bits per heavy atom. The van der Waals surface area contributed by atoms with Gasteiger partial charge in [-0.1, -0.05) is 24.3 Å². The summed E-state index contributed by atoms with van der Waals surface area (Å²) in [6.07, 6.45) is 2.41. The molecule has 1 atom stereocenters. The lowest BCUT2D eigenvalue weighted by molar-refractivity contribution is -0.119. The highest BCUT2D eigenvalue weighted by atomic mass is 19.1. The normalized spacial score (nSPS) is 18.2. The second-order valence-electron chi connectivity index (χ2n) is 8.51. The number of halogens is 1. The number of amides is 2. The first-order valence-corrected chi connectivity index (χ1v) is 11.1. The van der Waals surface area contributed by atoms with Crippen molar-refractivity contribution in [2.45, 2.75) is 12.3 Å². The summed E-state index contributed by atoms with van der Waals surface area (Å²) in [6.45, 7) is 2.51. The minimum absolute atomic E-state index is 0.000515. The molecule has 3 aromatic rings. The third-order valence-corrected chi connectivity index (χ3v) is 6.36. The number of carbonyl (C=O) groups excluding carboxylic acids is 2. The number of hydrogen-bond acceptors (Lipinski definition) is 5. The summed E-state index contributed by atoms with van der Waals surface area (Å²) in [4.78, 5) is 28.9. The van der Waals surface area contributed by atoms with Gasteiger partial charge < -0.3 is 15.1 Å². The van der Waals surface area contributed by atoms with E-state index in [1.54, 1.807) is 23.2 Å². The minimum Gasteiger partial charge on any atom is -0.354 e. The Balaban J connectivity index is 1.13. The molecule has 0 saturated carbocycles. The molecule has 168 valence electrons. The van der Waals surface area contributed by atoms with E-state index in [4.69, 9.17) is 0 Å². The number of benzene rings is 2. The minimum atomic E-state index is -0.492. The van der Waals surface area contributed by atoms with Crippen molar-refractivity contribution in [2.24, 2.45) is 5.92 Å². The Kier molecular flexibility index (Phi) is 5.73. The van der Waals surface area contributed by atoms with E-state index in [1.165, 1.54) is 12.1 Å². The van der Waals surface area contributed by atoms with Gasteiger partial charge in [-0.3, -0.25) is 9.59 Å². The van der Waals surface area contributed by atoms with Crippen LogP contribution < -0.4 is 10.2 Å². The van der Waals surface area contributed by atoms with E-state index in [9.17, 15) is 14.0 Å². The summed E-state index contributed by atoms with van der Waals surface area (Å²) in [5, 5.41) is 11.0. The maximum Gasteiger partial charge on any atom is 0.256 e. The van der Waals surface area contributed by atoms with Crippen LogP contribution >= 0.6 is 0 Å². The van der Waals surface area contributed by atoms with Gasteiger partial charge in [0.05, 0.1) is 11.5 Å². The van der Waals surface area contributed by atoms with Gasteiger partial charge in [0.15, 0.2) is 5.82 Å². The Morgan fingerprint density at radius 1 is 0.970 bits per heavy atom. The lowest BCUT2D eigenvalue weighted by Crippen LogP contribution is -2.48. The van der Waals surface area contributed by atoms with Gasteiger partial charge in [-0.05, 0) is 48.4 Å². The topological polar surface area (TPSA) is 78.4 Å². The molecule has 2 saturated heterocycles. The van der Waals surface area contributed by atoms with E-state index in [0.717, 1.165) is 30.0 Å². The highest BCUT2D eigenvalue weighted by Gasteiger charge is 2.33. The average molecular weight is 445 g/mol. The Hall–Kier alpha value is -3.81. The van der Waals surface area contributed by atoms with Crippen LogP contribution in [0.25, 0.3) is 0 Å². The number of aromatic nitrogens is 2. The van der Waals surface area contributed by atoms with Gasteiger partial charge in [0.25, 0.3) is 5.91 Å². The number of rotatable bonds is 5. The summed E-state index contributed by atoms with van der Waals surface area (Å²) in [6, 6.07) is 17.5. The molecule has 1 aromatic heterocycles. The summed E-state index contributed by atoms with van der Waals surface area (Å²) in [7, 11) is 0. The van der Waals surface area contributed by atoms with Crippen LogP contribution in [-0.4, -0.2) is 53.1 Å². The van der Waals surface area contributed by atoms with Crippen molar-refractivity contribution < 1.29 is 14.0 Å². The van der Waals surface area contributed by atoms with Gasteiger partial charge in [-0.25, -0.2) is 4.39 Å². The van der Waals surface area contributed by atoms with Gasteiger partial charge >= 0.3 is 0 Å². The van der Waals surface area contributed by atoms with Crippen LogP contribution in [0.15, 0.2) is 66.9 Å². The molecule has 2 fully saturated rings. The van der Waals surface area contributed by atoms with Crippen molar-refractivity contribution in [1.82, 2.24) is 15.1 Å². The lowest BCUT2D eigenvalue weighted by Gasteiger charge is -2.39. The zero-order chi connectivity index (χ0) is 22.8. The Labute approximate surface area is 191 Å². The number of carbonyl (C=O) groups is 2. The predicted molar refractivity (Wildman–Crippen MR) is 122 cm³/mol. The molecule has 5 rings (SSSR count). The second-order valence-corrected chi connectivity index (χ2v) is 8.51. The van der Waals surface area contributed by atoms with Crippen molar-refractivity contribution in [2.75, 3.05) is 36.4 Å². The summed E-state index contributed by atoms with van der Waals surface area (Å²) < 4.78 is 13.9. The van der Waals surface area contributed by atoms with E-state index in [0.29, 0.717) is 19.6 Å². The van der Waals surface area contributed by atoms with Gasteiger partial charge in [-0.2, -0.15) is 5.10 Å². The number of anilines is 2. The third-order valence-electron chi connectivity index (χ3n) is 6.36. The maximum atomic E-state index is 13.9. The molecule has 0 bridgehead atoms. The van der Waals surface area contributed by atoms with Gasteiger partial charge in [0.1, 0.15) is 5.82 Å². The summed E-state index contributed by atoms with van der Waals surface area (Å²) in [5.74, 6) is 0.130. The van der Waals surface area contributed by atoms with Crippen LogP contribution in [0, 0.1) is 11.7 Å². The van der Waals surface area contributed by atoms with E-state index < -0.39 is 5.82 Å². The smallest absolute Gasteiger partial charge is 0.256 e. The SMILES string of the molecule is O=C(Nc1ccc(C2CN(C(=O)c3ccccc3F)C2)cc1)C1CCN(c2cccnn2)C1. The first-order valence-electron chi connectivity index (χ1n) is 11.1. The zero-order valence-corrected chi connectivity index (χ0v) is 18.0. The molecular weight excluding hydrogens is 421 g/mol. The second kappa shape index (κ2) is 8.97. The highest BCUT2D eigenvalue weighted by Crippen LogP contribution is 2.30. The molecule has 3 heterocycles. The molecule has 2 amide bonds. The van der Waals surface area contributed by atoms with Crippen LogP contribution in [0.5, 0.6) is 0 Å². The molecule has 2 aliphatic rings. The number of nitrogens with zero attached hydrogens (tertiary/aromatic N) is 4. The lowest BCUT2D eigenvalue weighted by atomic mass is 9.90. The van der Waals surface area contributed by atoms with Crippen LogP contribution in [0.2, 0.25) is 0 Å². The quantitative estimate of drug-likeness (QED) is 0.652. The Morgan fingerprint density at radius 3 is 2.48 bits per heavy atom. The average Bonchev–Trinajstić information content (AvgIpc) is 3.31. The third kappa shape index (κ3) is 4.41. The fraction of sp³-hybridized carbons (Fsp3) is 0.280. The molecule has 0 spiro atoms. The van der Waals surface area contributed by atoms with Crippen molar-refractivity contribution in [1.29, 1.82) is 0 Å². The zero-order valence-electron chi connectivity index (χ0n) is 18.0. The fourth-order valence-electron chi connectivity index (χ4n) is 4.39. The molecule has 0 aliphatic carbocycles. The summed E-state index contributed by atoms with van der Waals surface area (Å²) >= 11 is 0. The van der Waals surface area contributed by atoms with Gasteiger partial charge in [0.2, 0.25) is 5.91 Å². The first-order chi connectivity index (χ1) is 16.1. The molecule has 7 nitrogen and oxygen atoms in total. The highest BCUT2D eigenvalue weighted by molar-refractivity contribution is 5.95. The number of nitrogens with one attached hydrogen (secondary N) is 1. The standard InChI is InChI=1S/C25H24FN5O2/c26-22-5-2-1-4-21(22)25(33)31-15-19(16-31)17-7-9-20(10-8-17)28-24(32)18-11-13-30(14-18)23-6-3-12-27-29-23/h1-10,12,18-19H,11,13-16H2,(H,28,32). The van der Waals surface area contributed by atoms with Gasteiger partial charge in [0, 0.05) is 44.0 Å². The molecule has 1 unspecified atom stereocenters. The van der Waals surface area contributed by atoms with Crippen LogP contribution in [0.1, 0.15) is 28.3 Å². The molecular formula is C25H24FN5O2. The van der Waals surface area contributed by atoms with E-state index >= 15 is 0 Å². The maximum absolute atomic E-state index is 13.9. The molecule has 33 heavy (non-hydrogen) atoms. The monoisotopic (exact) mass is 445 g/mol. The molecule has 8 heteroatoms. The van der Waals surface area contributed by atoms with Crippen molar-refractivity contribution in [3.8, 4) is 0 Å². The van der Waals surface area contributed by atoms with Crippen LogP contribution in [0.4, 0.5) is 15.9 Å². The molecule has 1 N–H and O–H groups in total.